The van der Waals surface area contributed by atoms with Gasteiger partial charge in [-0.3, -0.25) is 0 Å². The van der Waals surface area contributed by atoms with Gasteiger partial charge < -0.3 is 4.74 Å². The lowest BCUT2D eigenvalue weighted by molar-refractivity contribution is 0.0909. The van der Waals surface area contributed by atoms with Crippen molar-refractivity contribution >= 4 is 26.0 Å². The number of nitrogens with one attached hydrogen (secondary N) is 1. The number of sulfonamides is 1. The van der Waals surface area contributed by atoms with Gasteiger partial charge in [0.1, 0.15) is 0 Å². The quantitative estimate of drug-likeness (QED) is 0.727. The van der Waals surface area contributed by atoms with Crippen molar-refractivity contribution in [3.63, 3.8) is 0 Å². The highest BCUT2D eigenvalue weighted by molar-refractivity contribution is 9.09. The second-order valence-electron chi connectivity index (χ2n) is 4.61. The molecular weight excluding hydrogens is 294 g/mol. The van der Waals surface area contributed by atoms with Crippen LogP contribution in [0.1, 0.15) is 33.1 Å². The average molecular weight is 314 g/mol. The second kappa shape index (κ2) is 5.80. The van der Waals surface area contributed by atoms with E-state index in [9.17, 15) is 8.42 Å². The summed E-state index contributed by atoms with van der Waals surface area (Å²) in [5.41, 5.74) is -0.239. The third-order valence-corrected chi connectivity index (χ3v) is 5.26. The molecule has 0 atom stereocenters. The monoisotopic (exact) mass is 313 g/mol. The van der Waals surface area contributed by atoms with Crippen LogP contribution in [0.5, 0.6) is 0 Å². The van der Waals surface area contributed by atoms with Crippen LogP contribution in [0.2, 0.25) is 0 Å². The molecule has 0 bridgehead atoms. The van der Waals surface area contributed by atoms with Crippen LogP contribution in [0, 0.1) is 0 Å². The number of halogens is 1. The first kappa shape index (κ1) is 14.4. The van der Waals surface area contributed by atoms with Crippen molar-refractivity contribution in [1.82, 2.24) is 4.72 Å². The fraction of sp³-hybridized carbons (Fsp3) is 1.00. The Balaban J connectivity index is 2.39. The van der Waals surface area contributed by atoms with E-state index in [0.29, 0.717) is 5.33 Å². The Hall–Kier alpha value is 0.350. The van der Waals surface area contributed by atoms with E-state index in [4.69, 9.17) is 4.74 Å². The van der Waals surface area contributed by atoms with Gasteiger partial charge in [-0.1, -0.05) is 15.9 Å². The zero-order valence-corrected chi connectivity index (χ0v) is 12.2. The molecule has 0 unspecified atom stereocenters. The van der Waals surface area contributed by atoms with Gasteiger partial charge in [0.25, 0.3) is 0 Å². The van der Waals surface area contributed by atoms with Crippen LogP contribution < -0.4 is 4.72 Å². The SMILES string of the molecule is CC(C)OCCS(=O)(=O)NC1(CBr)CCC1. The topological polar surface area (TPSA) is 55.4 Å². The van der Waals surface area contributed by atoms with Crippen molar-refractivity contribution in [2.45, 2.75) is 44.8 Å². The Morgan fingerprint density at radius 1 is 1.44 bits per heavy atom. The van der Waals surface area contributed by atoms with E-state index in [1.165, 1.54) is 0 Å². The van der Waals surface area contributed by atoms with Crippen molar-refractivity contribution in [3.05, 3.63) is 0 Å². The fourth-order valence-electron chi connectivity index (χ4n) is 1.64. The highest BCUT2D eigenvalue weighted by atomic mass is 79.9. The van der Waals surface area contributed by atoms with E-state index in [-0.39, 0.29) is 24.0 Å². The second-order valence-corrected chi connectivity index (χ2v) is 7.01. The van der Waals surface area contributed by atoms with Gasteiger partial charge in [-0.2, -0.15) is 0 Å². The molecule has 1 fully saturated rings. The van der Waals surface area contributed by atoms with E-state index >= 15 is 0 Å². The minimum atomic E-state index is -3.21. The minimum absolute atomic E-state index is 0.0416. The average Bonchev–Trinajstić information content (AvgIpc) is 2.10. The molecule has 96 valence electrons. The van der Waals surface area contributed by atoms with Crippen molar-refractivity contribution in [2.75, 3.05) is 17.7 Å². The van der Waals surface area contributed by atoms with Gasteiger partial charge >= 0.3 is 0 Å². The summed E-state index contributed by atoms with van der Waals surface area (Å²) in [6, 6.07) is 0. The first-order valence-corrected chi connectivity index (χ1v) is 8.36. The summed E-state index contributed by atoms with van der Waals surface area (Å²) >= 11 is 3.37. The number of hydrogen-bond acceptors (Lipinski definition) is 3. The molecule has 0 saturated heterocycles. The maximum Gasteiger partial charge on any atom is 0.214 e. The van der Waals surface area contributed by atoms with Crippen LogP contribution >= 0.6 is 15.9 Å². The Morgan fingerprint density at radius 3 is 2.44 bits per heavy atom. The molecule has 0 aliphatic heterocycles. The maximum atomic E-state index is 11.8. The van der Waals surface area contributed by atoms with Gasteiger partial charge in [-0.05, 0) is 33.1 Å². The molecule has 1 aliphatic carbocycles. The highest BCUT2D eigenvalue weighted by Gasteiger charge is 2.39. The molecule has 1 N–H and O–H groups in total. The number of alkyl halides is 1. The van der Waals surface area contributed by atoms with E-state index < -0.39 is 10.0 Å². The third kappa shape index (κ3) is 4.31. The molecule has 0 radical (unpaired) electrons. The lowest BCUT2D eigenvalue weighted by Gasteiger charge is -2.40. The fourth-order valence-corrected chi connectivity index (χ4v) is 3.88. The molecule has 0 aromatic rings. The predicted octanol–water partition coefficient (Wildman–Crippen LogP) is 1.65. The van der Waals surface area contributed by atoms with Gasteiger partial charge in [0, 0.05) is 10.9 Å². The summed E-state index contributed by atoms with van der Waals surface area (Å²) in [4.78, 5) is 0. The van der Waals surface area contributed by atoms with Crippen LogP contribution in [-0.4, -0.2) is 37.8 Å². The van der Waals surface area contributed by atoms with Crippen LogP contribution in [0.3, 0.4) is 0 Å². The number of ether oxygens (including phenoxy) is 1. The molecule has 0 amide bonds. The van der Waals surface area contributed by atoms with Crippen molar-refractivity contribution in [1.29, 1.82) is 0 Å². The zero-order chi connectivity index (χ0) is 12.2. The summed E-state index contributed by atoms with van der Waals surface area (Å²) in [5, 5.41) is 0.685. The van der Waals surface area contributed by atoms with Crippen molar-refractivity contribution < 1.29 is 13.2 Å². The van der Waals surface area contributed by atoms with Crippen LogP contribution in [-0.2, 0) is 14.8 Å². The van der Waals surface area contributed by atoms with Gasteiger partial charge in [-0.25, -0.2) is 13.1 Å². The van der Waals surface area contributed by atoms with Crippen molar-refractivity contribution in [3.8, 4) is 0 Å². The van der Waals surface area contributed by atoms with E-state index in [1.807, 2.05) is 13.8 Å². The highest BCUT2D eigenvalue weighted by Crippen LogP contribution is 2.34. The minimum Gasteiger partial charge on any atom is -0.378 e. The normalized spacial score (nSPS) is 19.8. The first-order valence-electron chi connectivity index (χ1n) is 5.58. The predicted molar refractivity (Wildman–Crippen MR) is 68.4 cm³/mol. The molecule has 16 heavy (non-hydrogen) atoms. The smallest absolute Gasteiger partial charge is 0.214 e. The summed E-state index contributed by atoms with van der Waals surface area (Å²) < 4.78 is 31.6. The van der Waals surface area contributed by atoms with Crippen LogP contribution in [0.4, 0.5) is 0 Å². The molecular formula is C10H20BrNO3S. The molecule has 0 aromatic heterocycles. The molecule has 1 saturated carbocycles. The van der Waals surface area contributed by atoms with E-state index in [0.717, 1.165) is 19.3 Å². The Morgan fingerprint density at radius 2 is 2.06 bits per heavy atom. The Bertz CT molecular complexity index is 307. The Kier molecular flexibility index (Phi) is 5.22. The summed E-state index contributed by atoms with van der Waals surface area (Å²) in [6.45, 7) is 4.04. The van der Waals surface area contributed by atoms with Crippen molar-refractivity contribution in [2.24, 2.45) is 0 Å². The number of hydrogen-bond donors (Lipinski definition) is 1. The Labute approximate surface area is 106 Å². The van der Waals surface area contributed by atoms with Gasteiger partial charge in [-0.15, -0.1) is 0 Å². The molecule has 6 heteroatoms. The summed E-state index contributed by atoms with van der Waals surface area (Å²) in [6.07, 6.45) is 3.01. The van der Waals surface area contributed by atoms with E-state index in [1.54, 1.807) is 0 Å². The molecule has 0 heterocycles. The molecule has 4 nitrogen and oxygen atoms in total. The van der Waals surface area contributed by atoms with Gasteiger partial charge in [0.05, 0.1) is 18.5 Å². The largest absolute Gasteiger partial charge is 0.378 e. The van der Waals surface area contributed by atoms with Gasteiger partial charge in [0.15, 0.2) is 0 Å². The summed E-state index contributed by atoms with van der Waals surface area (Å²) in [5.74, 6) is 0.0416. The summed E-state index contributed by atoms with van der Waals surface area (Å²) in [7, 11) is -3.21. The molecule has 1 rings (SSSR count). The molecule has 0 aromatic carbocycles. The molecule has 0 spiro atoms. The van der Waals surface area contributed by atoms with Crippen LogP contribution in [0.25, 0.3) is 0 Å². The maximum absolute atomic E-state index is 11.8. The van der Waals surface area contributed by atoms with E-state index in [2.05, 4.69) is 20.7 Å². The van der Waals surface area contributed by atoms with Gasteiger partial charge in [0.2, 0.25) is 10.0 Å². The lowest BCUT2D eigenvalue weighted by atomic mass is 9.80. The number of rotatable bonds is 7. The standard InChI is InChI=1S/C10H20BrNO3S/c1-9(2)15-6-7-16(13,14)12-10(8-11)4-3-5-10/h9,12H,3-8H2,1-2H3. The lowest BCUT2D eigenvalue weighted by Crippen LogP contribution is -2.55. The van der Waals surface area contributed by atoms with Crippen LogP contribution in [0.15, 0.2) is 0 Å². The third-order valence-electron chi connectivity index (χ3n) is 2.74. The first-order chi connectivity index (χ1) is 7.39. The molecule has 1 aliphatic rings. The zero-order valence-electron chi connectivity index (χ0n) is 9.83.